The van der Waals surface area contributed by atoms with Gasteiger partial charge in [-0.3, -0.25) is 0 Å². The summed E-state index contributed by atoms with van der Waals surface area (Å²) in [5.41, 5.74) is 1.02. The Balaban J connectivity index is 1.88. The van der Waals surface area contributed by atoms with E-state index in [1.165, 1.54) is 0 Å². The van der Waals surface area contributed by atoms with Crippen LogP contribution in [0.3, 0.4) is 0 Å². The van der Waals surface area contributed by atoms with Crippen molar-refractivity contribution in [2.45, 2.75) is 20.0 Å². The number of benzene rings is 1. The summed E-state index contributed by atoms with van der Waals surface area (Å²) in [7, 11) is 0. The van der Waals surface area contributed by atoms with E-state index in [1.54, 1.807) is 12.5 Å². The molecular weight excluding hydrogens is 286 g/mol. The fraction of sp³-hybridized carbons (Fsp3) is 0.333. The third kappa shape index (κ3) is 5.11. The van der Waals surface area contributed by atoms with Gasteiger partial charge >= 0.3 is 0 Å². The van der Waals surface area contributed by atoms with Gasteiger partial charge in [0, 0.05) is 37.1 Å². The van der Waals surface area contributed by atoms with Crippen LogP contribution in [0.15, 0.2) is 48.0 Å². The summed E-state index contributed by atoms with van der Waals surface area (Å²) < 4.78 is 2.02. The van der Waals surface area contributed by atoms with Crippen molar-refractivity contribution in [1.29, 1.82) is 0 Å². The maximum Gasteiger partial charge on any atom is 0.191 e. The first kappa shape index (κ1) is 15.4. The molecule has 21 heavy (non-hydrogen) atoms. The second-order valence-electron chi connectivity index (χ2n) is 4.51. The Hall–Kier alpha value is -2.01. The Morgan fingerprint density at radius 3 is 2.90 bits per heavy atom. The Morgan fingerprint density at radius 2 is 2.19 bits per heavy atom. The minimum absolute atomic E-state index is 0.556. The Labute approximate surface area is 130 Å². The normalized spacial score (nSPS) is 11.4. The van der Waals surface area contributed by atoms with Crippen LogP contribution in [-0.2, 0) is 13.1 Å². The van der Waals surface area contributed by atoms with Crippen molar-refractivity contribution < 1.29 is 0 Å². The predicted octanol–water partition coefficient (Wildman–Crippen LogP) is 2.29. The number of aliphatic imine (C=N–C) groups is 1. The topological polar surface area (TPSA) is 54.2 Å². The molecule has 0 saturated heterocycles. The number of nitrogens with one attached hydrogen (secondary N) is 2. The van der Waals surface area contributed by atoms with Gasteiger partial charge in [0.25, 0.3) is 0 Å². The molecule has 0 fully saturated rings. The molecule has 0 aliphatic heterocycles. The highest BCUT2D eigenvalue weighted by Crippen LogP contribution is 2.15. The zero-order valence-corrected chi connectivity index (χ0v) is 12.8. The van der Waals surface area contributed by atoms with Crippen LogP contribution in [0.4, 0.5) is 0 Å². The van der Waals surface area contributed by atoms with E-state index in [4.69, 9.17) is 11.6 Å². The van der Waals surface area contributed by atoms with E-state index < -0.39 is 0 Å². The second-order valence-corrected chi connectivity index (χ2v) is 4.92. The number of guanidine groups is 1. The summed E-state index contributed by atoms with van der Waals surface area (Å²) >= 11 is 6.14. The standard InChI is InChI=1S/C15H20ClN5/c1-2-18-15(19-8-10-21-9-7-17-12-21)20-11-13-5-3-4-6-14(13)16/h3-7,9,12H,2,8,10-11H2,1H3,(H2,18,19,20). The van der Waals surface area contributed by atoms with Crippen LogP contribution in [0.2, 0.25) is 5.02 Å². The summed E-state index contributed by atoms with van der Waals surface area (Å²) in [6, 6.07) is 7.76. The fourth-order valence-electron chi connectivity index (χ4n) is 1.86. The highest BCUT2D eigenvalue weighted by Gasteiger charge is 2.00. The first-order valence-corrected chi connectivity index (χ1v) is 7.38. The van der Waals surface area contributed by atoms with Gasteiger partial charge in [0.15, 0.2) is 5.96 Å². The molecule has 0 spiro atoms. The van der Waals surface area contributed by atoms with Crippen molar-refractivity contribution in [2.24, 2.45) is 4.99 Å². The largest absolute Gasteiger partial charge is 0.357 e. The number of hydrogen-bond acceptors (Lipinski definition) is 2. The molecule has 0 unspecified atom stereocenters. The molecule has 5 nitrogen and oxygen atoms in total. The zero-order valence-electron chi connectivity index (χ0n) is 12.1. The van der Waals surface area contributed by atoms with Crippen LogP contribution in [0, 0.1) is 0 Å². The van der Waals surface area contributed by atoms with Crippen LogP contribution in [0.5, 0.6) is 0 Å². The highest BCUT2D eigenvalue weighted by molar-refractivity contribution is 6.31. The molecule has 1 aromatic heterocycles. The summed E-state index contributed by atoms with van der Waals surface area (Å²) in [6.45, 7) is 5.04. The molecule has 1 heterocycles. The number of aromatic nitrogens is 2. The minimum Gasteiger partial charge on any atom is -0.357 e. The van der Waals surface area contributed by atoms with Crippen molar-refractivity contribution in [2.75, 3.05) is 13.1 Å². The summed E-state index contributed by atoms with van der Waals surface area (Å²) in [5, 5.41) is 7.27. The first-order chi connectivity index (χ1) is 10.3. The number of halogens is 1. The molecule has 0 saturated carbocycles. The predicted molar refractivity (Wildman–Crippen MR) is 86.5 cm³/mol. The van der Waals surface area contributed by atoms with Gasteiger partial charge in [0.2, 0.25) is 0 Å². The summed E-state index contributed by atoms with van der Waals surface area (Å²) in [4.78, 5) is 8.57. The van der Waals surface area contributed by atoms with Gasteiger partial charge in [-0.05, 0) is 18.6 Å². The minimum atomic E-state index is 0.556. The second kappa shape index (κ2) is 8.32. The number of imidazole rings is 1. The number of hydrogen-bond donors (Lipinski definition) is 2. The maximum atomic E-state index is 6.14. The van der Waals surface area contributed by atoms with Gasteiger partial charge in [-0.15, -0.1) is 0 Å². The Kier molecular flexibility index (Phi) is 6.09. The van der Waals surface area contributed by atoms with Gasteiger partial charge in [0.1, 0.15) is 0 Å². The van der Waals surface area contributed by atoms with Gasteiger partial charge in [-0.2, -0.15) is 0 Å². The van der Waals surface area contributed by atoms with E-state index >= 15 is 0 Å². The summed E-state index contributed by atoms with van der Waals surface area (Å²) in [6.07, 6.45) is 5.52. The van der Waals surface area contributed by atoms with Crippen LogP contribution in [0.1, 0.15) is 12.5 Å². The fourth-order valence-corrected chi connectivity index (χ4v) is 2.05. The number of nitrogens with zero attached hydrogens (tertiary/aromatic N) is 3. The third-order valence-electron chi connectivity index (χ3n) is 2.93. The molecule has 2 rings (SSSR count). The van der Waals surface area contributed by atoms with E-state index in [2.05, 4.69) is 20.6 Å². The lowest BCUT2D eigenvalue weighted by Crippen LogP contribution is -2.38. The lowest BCUT2D eigenvalue weighted by atomic mass is 10.2. The molecule has 0 radical (unpaired) electrons. The summed E-state index contributed by atoms with van der Waals surface area (Å²) in [5.74, 6) is 0.789. The van der Waals surface area contributed by atoms with Crippen molar-refractivity contribution in [3.63, 3.8) is 0 Å². The Bertz CT molecular complexity index is 565. The van der Waals surface area contributed by atoms with Crippen molar-refractivity contribution in [1.82, 2.24) is 20.2 Å². The first-order valence-electron chi connectivity index (χ1n) is 7.01. The van der Waals surface area contributed by atoms with E-state index in [0.29, 0.717) is 6.54 Å². The van der Waals surface area contributed by atoms with E-state index in [1.807, 2.05) is 42.0 Å². The van der Waals surface area contributed by atoms with E-state index in [-0.39, 0.29) is 0 Å². The SMILES string of the molecule is CCNC(=NCc1ccccc1Cl)NCCn1ccnc1. The molecule has 2 aromatic rings. The number of rotatable bonds is 6. The van der Waals surface area contributed by atoms with Crippen LogP contribution < -0.4 is 10.6 Å². The molecule has 112 valence electrons. The van der Waals surface area contributed by atoms with Gasteiger partial charge < -0.3 is 15.2 Å². The molecule has 0 bridgehead atoms. The van der Waals surface area contributed by atoms with E-state index in [0.717, 1.165) is 36.2 Å². The van der Waals surface area contributed by atoms with Gasteiger partial charge in [-0.25, -0.2) is 9.98 Å². The molecule has 0 amide bonds. The van der Waals surface area contributed by atoms with Crippen molar-refractivity contribution in [3.8, 4) is 0 Å². The molecule has 0 aliphatic rings. The average Bonchev–Trinajstić information content (AvgIpc) is 2.99. The quantitative estimate of drug-likeness (QED) is 0.636. The van der Waals surface area contributed by atoms with E-state index in [9.17, 15) is 0 Å². The zero-order chi connectivity index (χ0) is 14.9. The lowest BCUT2D eigenvalue weighted by molar-refractivity contribution is 0.662. The molecule has 0 atom stereocenters. The molecule has 1 aromatic carbocycles. The Morgan fingerprint density at radius 1 is 1.33 bits per heavy atom. The molecule has 6 heteroatoms. The molecular formula is C15H20ClN5. The third-order valence-corrected chi connectivity index (χ3v) is 3.30. The van der Waals surface area contributed by atoms with Gasteiger partial charge in [-0.1, -0.05) is 29.8 Å². The van der Waals surface area contributed by atoms with Crippen molar-refractivity contribution >= 4 is 17.6 Å². The van der Waals surface area contributed by atoms with Crippen molar-refractivity contribution in [3.05, 3.63) is 53.6 Å². The van der Waals surface area contributed by atoms with Crippen LogP contribution in [-0.4, -0.2) is 28.6 Å². The monoisotopic (exact) mass is 305 g/mol. The maximum absolute atomic E-state index is 6.14. The lowest BCUT2D eigenvalue weighted by Gasteiger charge is -2.11. The average molecular weight is 306 g/mol. The highest BCUT2D eigenvalue weighted by atomic mass is 35.5. The smallest absolute Gasteiger partial charge is 0.191 e. The molecule has 0 aliphatic carbocycles. The molecule has 2 N–H and O–H groups in total. The van der Waals surface area contributed by atoms with Gasteiger partial charge in [0.05, 0.1) is 12.9 Å². The van der Waals surface area contributed by atoms with Crippen LogP contribution >= 0.6 is 11.6 Å². The van der Waals surface area contributed by atoms with Crippen LogP contribution in [0.25, 0.3) is 0 Å².